The molecule has 2 N–H and O–H groups in total. The lowest BCUT2D eigenvalue weighted by Gasteiger charge is -2.14. The van der Waals surface area contributed by atoms with Gasteiger partial charge in [-0.1, -0.05) is 73.7 Å². The predicted octanol–water partition coefficient (Wildman–Crippen LogP) is 10.9. The number of aromatic nitrogens is 2. The zero-order valence-electron chi connectivity index (χ0n) is 24.6. The van der Waals surface area contributed by atoms with E-state index < -0.39 is 0 Å². The van der Waals surface area contributed by atoms with Gasteiger partial charge in [0.1, 0.15) is 5.75 Å². The molecule has 44 heavy (non-hydrogen) atoms. The number of halogens is 4. The normalized spacial score (nSPS) is 10.7. The Kier molecular flexibility index (Phi) is 13.4. The molecule has 9 heteroatoms. The third-order valence-electron chi connectivity index (χ3n) is 7.74. The Morgan fingerprint density at radius 2 is 1.05 bits per heavy atom. The number of ether oxygens (including phenoxy) is 1. The minimum atomic E-state index is 0. The summed E-state index contributed by atoms with van der Waals surface area (Å²) in [5.41, 5.74) is 6.22. The fourth-order valence-corrected chi connectivity index (χ4v) is 5.79. The Hall–Kier alpha value is -3.22. The Morgan fingerprint density at radius 1 is 0.545 bits per heavy atom. The van der Waals surface area contributed by atoms with Gasteiger partial charge in [-0.25, -0.2) is 9.97 Å². The predicted molar refractivity (Wildman–Crippen MR) is 196 cm³/mol. The van der Waals surface area contributed by atoms with Crippen molar-refractivity contribution in [2.75, 3.05) is 30.8 Å². The van der Waals surface area contributed by atoms with Crippen molar-refractivity contribution < 1.29 is 4.74 Å². The number of unbranched alkanes of at least 4 members (excludes halogenated alkanes) is 5. The van der Waals surface area contributed by atoms with E-state index in [0.29, 0.717) is 5.02 Å². The second-order valence-corrected chi connectivity index (χ2v) is 11.0. The van der Waals surface area contributed by atoms with E-state index in [2.05, 4.69) is 71.3 Å². The van der Waals surface area contributed by atoms with Gasteiger partial charge in [-0.05, 0) is 61.4 Å². The van der Waals surface area contributed by atoms with Crippen LogP contribution >= 0.6 is 48.8 Å². The van der Waals surface area contributed by atoms with Gasteiger partial charge in [0, 0.05) is 39.7 Å². The quantitative estimate of drug-likeness (QED) is 0.100. The average Bonchev–Trinajstić information content (AvgIpc) is 3.00. The third kappa shape index (κ3) is 7.89. The summed E-state index contributed by atoms with van der Waals surface area (Å²) in [5.74, 6) is 0.829. The molecule has 0 aliphatic carbocycles. The molecule has 0 saturated carbocycles. The number of anilines is 2. The average molecular weight is 673 g/mol. The molecule has 0 fully saturated rings. The van der Waals surface area contributed by atoms with E-state index in [1.165, 1.54) is 42.1 Å². The fourth-order valence-electron chi connectivity index (χ4n) is 5.63. The molecule has 2 heterocycles. The number of nitrogens with one attached hydrogen (secondary N) is 2. The molecule has 6 rings (SSSR count). The third-order valence-corrected chi connectivity index (χ3v) is 7.97. The van der Waals surface area contributed by atoms with Crippen LogP contribution in [0.5, 0.6) is 5.75 Å². The SMILES string of the molecule is COc1ccc2nc3cc(Cl)ccc3c(NCCCCCCCCNc3c4ccccc4nc4ccccc34)c2c1.Cl.Cl.Cl. The smallest absolute Gasteiger partial charge is 0.119 e. The minimum absolute atomic E-state index is 0. The standard InChI is InChI=1S/C35H35ClN4O.3ClH/c1-41-25-17-19-32-29(23-25)35(28-18-16-24(36)22-33(28)40-32)38-21-11-5-3-2-4-10-20-37-34-26-12-6-8-14-30(26)39-31-15-9-7-13-27(31)34;;;/h6-9,12-19,22-23H,2-5,10-11,20-21H2,1H3,(H,37,39)(H,38,40);3*1H. The number of para-hydroxylation sites is 2. The number of hydrogen-bond donors (Lipinski definition) is 2. The second kappa shape index (κ2) is 16.7. The van der Waals surface area contributed by atoms with Crippen molar-refractivity contribution in [1.29, 1.82) is 0 Å². The van der Waals surface area contributed by atoms with Crippen LogP contribution in [0.1, 0.15) is 38.5 Å². The zero-order chi connectivity index (χ0) is 28.0. The maximum Gasteiger partial charge on any atom is 0.119 e. The van der Waals surface area contributed by atoms with E-state index in [0.717, 1.165) is 70.2 Å². The van der Waals surface area contributed by atoms with Crippen molar-refractivity contribution in [1.82, 2.24) is 9.97 Å². The lowest BCUT2D eigenvalue weighted by atomic mass is 10.1. The molecule has 0 bridgehead atoms. The number of methoxy groups -OCH3 is 1. The molecule has 0 atom stereocenters. The van der Waals surface area contributed by atoms with Crippen molar-refractivity contribution >= 4 is 104 Å². The van der Waals surface area contributed by atoms with Gasteiger partial charge >= 0.3 is 0 Å². The molecular weight excluding hydrogens is 634 g/mol. The molecule has 0 aliphatic heterocycles. The van der Waals surface area contributed by atoms with Crippen LogP contribution in [0.25, 0.3) is 43.6 Å². The molecule has 0 spiro atoms. The molecular formula is C35H38Cl4N4O. The van der Waals surface area contributed by atoms with Crippen molar-refractivity contribution in [2.24, 2.45) is 0 Å². The summed E-state index contributed by atoms with van der Waals surface area (Å²) in [6.45, 7) is 1.88. The molecule has 0 unspecified atom stereocenters. The van der Waals surface area contributed by atoms with Gasteiger partial charge in [-0.15, -0.1) is 37.2 Å². The number of benzene rings is 4. The number of rotatable bonds is 12. The first-order chi connectivity index (χ1) is 20.2. The van der Waals surface area contributed by atoms with E-state index in [1.54, 1.807) is 7.11 Å². The highest BCUT2D eigenvalue weighted by Gasteiger charge is 2.11. The van der Waals surface area contributed by atoms with Crippen LogP contribution in [0.2, 0.25) is 5.02 Å². The molecule has 0 saturated heterocycles. The van der Waals surface area contributed by atoms with E-state index in [9.17, 15) is 0 Å². The fraction of sp³-hybridized carbons (Fsp3) is 0.257. The Labute approximate surface area is 282 Å². The van der Waals surface area contributed by atoms with Gasteiger partial charge in [-0.2, -0.15) is 0 Å². The highest BCUT2D eigenvalue weighted by atomic mass is 35.5. The van der Waals surface area contributed by atoms with E-state index in [-0.39, 0.29) is 37.2 Å². The molecule has 0 aliphatic rings. The summed E-state index contributed by atoms with van der Waals surface area (Å²) >= 11 is 6.27. The van der Waals surface area contributed by atoms with Gasteiger partial charge < -0.3 is 15.4 Å². The van der Waals surface area contributed by atoms with Gasteiger partial charge in [0.15, 0.2) is 0 Å². The van der Waals surface area contributed by atoms with Crippen LogP contribution in [-0.4, -0.2) is 30.2 Å². The number of nitrogens with zero attached hydrogens (tertiary/aromatic N) is 2. The van der Waals surface area contributed by atoms with Crippen LogP contribution in [-0.2, 0) is 0 Å². The van der Waals surface area contributed by atoms with E-state index in [1.807, 2.05) is 24.3 Å². The molecule has 5 nitrogen and oxygen atoms in total. The summed E-state index contributed by atoms with van der Waals surface area (Å²) in [6, 6.07) is 28.7. The summed E-state index contributed by atoms with van der Waals surface area (Å²) in [4.78, 5) is 9.66. The van der Waals surface area contributed by atoms with Crippen LogP contribution < -0.4 is 15.4 Å². The first-order valence-electron chi connectivity index (χ1n) is 14.5. The lowest BCUT2D eigenvalue weighted by Crippen LogP contribution is -2.04. The summed E-state index contributed by atoms with van der Waals surface area (Å²) in [5, 5.41) is 12.7. The number of fused-ring (bicyclic) bond motifs is 4. The van der Waals surface area contributed by atoms with Crippen molar-refractivity contribution in [3.05, 3.63) is 90.0 Å². The first-order valence-corrected chi connectivity index (χ1v) is 14.9. The van der Waals surface area contributed by atoms with Crippen LogP contribution in [0.3, 0.4) is 0 Å². The Bertz CT molecular complexity index is 1780. The summed E-state index contributed by atoms with van der Waals surface area (Å²) < 4.78 is 5.49. The van der Waals surface area contributed by atoms with Crippen molar-refractivity contribution in [3.63, 3.8) is 0 Å². The Morgan fingerprint density at radius 3 is 1.66 bits per heavy atom. The van der Waals surface area contributed by atoms with Crippen molar-refractivity contribution in [2.45, 2.75) is 38.5 Å². The van der Waals surface area contributed by atoms with Gasteiger partial charge in [0.05, 0.1) is 40.6 Å². The molecule has 232 valence electrons. The van der Waals surface area contributed by atoms with Crippen LogP contribution in [0.4, 0.5) is 11.4 Å². The zero-order valence-corrected chi connectivity index (χ0v) is 27.9. The monoisotopic (exact) mass is 670 g/mol. The number of hydrogen-bond acceptors (Lipinski definition) is 5. The highest BCUT2D eigenvalue weighted by molar-refractivity contribution is 6.31. The van der Waals surface area contributed by atoms with Crippen molar-refractivity contribution in [3.8, 4) is 5.75 Å². The number of pyridine rings is 2. The largest absolute Gasteiger partial charge is 0.497 e. The molecule has 6 aromatic rings. The lowest BCUT2D eigenvalue weighted by molar-refractivity contribution is 0.415. The highest BCUT2D eigenvalue weighted by Crippen LogP contribution is 2.34. The van der Waals surface area contributed by atoms with Gasteiger partial charge in [-0.3, -0.25) is 0 Å². The first kappa shape index (κ1) is 35.3. The minimum Gasteiger partial charge on any atom is -0.497 e. The second-order valence-electron chi connectivity index (χ2n) is 10.5. The summed E-state index contributed by atoms with van der Waals surface area (Å²) in [7, 11) is 1.70. The van der Waals surface area contributed by atoms with Crippen LogP contribution in [0.15, 0.2) is 84.9 Å². The van der Waals surface area contributed by atoms with E-state index >= 15 is 0 Å². The van der Waals surface area contributed by atoms with Gasteiger partial charge in [0.2, 0.25) is 0 Å². The summed E-state index contributed by atoms with van der Waals surface area (Å²) in [6.07, 6.45) is 7.19. The topological polar surface area (TPSA) is 59.1 Å². The Balaban J connectivity index is 0.00000176. The molecule has 2 aromatic heterocycles. The molecule has 0 amide bonds. The van der Waals surface area contributed by atoms with Gasteiger partial charge in [0.25, 0.3) is 0 Å². The maximum atomic E-state index is 6.27. The van der Waals surface area contributed by atoms with E-state index in [4.69, 9.17) is 26.3 Å². The van der Waals surface area contributed by atoms with Crippen LogP contribution in [0, 0.1) is 0 Å². The maximum absolute atomic E-state index is 6.27. The molecule has 0 radical (unpaired) electrons. The molecule has 4 aromatic carbocycles.